The first-order valence-corrected chi connectivity index (χ1v) is 9.66. The van der Waals surface area contributed by atoms with Crippen molar-refractivity contribution in [3.8, 4) is 5.75 Å². The lowest BCUT2D eigenvalue weighted by atomic mass is 10.1. The number of imidazole rings is 1. The van der Waals surface area contributed by atoms with E-state index < -0.39 is 5.76 Å². The average Bonchev–Trinajstić information content (AvgIpc) is 2.98. The van der Waals surface area contributed by atoms with E-state index in [1.165, 1.54) is 4.57 Å². The van der Waals surface area contributed by atoms with Crippen LogP contribution in [0.2, 0.25) is 0 Å². The maximum absolute atomic E-state index is 12.9. The molecule has 0 fully saturated rings. The number of carbonyl (C=O) groups is 1. The Morgan fingerprint density at radius 1 is 1.29 bits per heavy atom. The number of carbonyl (C=O) groups excluding carboxylic acids is 1. The molecule has 0 spiro atoms. The minimum atomic E-state index is -2.60. The Hall–Kier alpha value is -2.61. The summed E-state index contributed by atoms with van der Waals surface area (Å²) in [7, 11) is 1.61. The highest BCUT2D eigenvalue weighted by Crippen LogP contribution is 2.28. The molecule has 28 heavy (non-hydrogen) atoms. The number of nitrogens with zero attached hydrogens (tertiary/aromatic N) is 2. The maximum atomic E-state index is 12.9. The molecule has 0 saturated heterocycles. The smallest absolute Gasteiger partial charge is 0.291 e. The number of halogens is 2. The van der Waals surface area contributed by atoms with E-state index in [0.717, 1.165) is 16.9 Å². The Morgan fingerprint density at radius 2 is 2.07 bits per heavy atom. The van der Waals surface area contributed by atoms with E-state index >= 15 is 0 Å². The number of rotatable bonds is 8. The number of hydrogen-bond donors (Lipinski definition) is 1. The minimum Gasteiger partial charge on any atom is -0.496 e. The Balaban J connectivity index is 1.67. The van der Waals surface area contributed by atoms with Crippen LogP contribution < -0.4 is 10.1 Å². The highest BCUT2D eigenvalue weighted by molar-refractivity contribution is 7.99. The van der Waals surface area contributed by atoms with E-state index in [9.17, 15) is 13.6 Å². The lowest BCUT2D eigenvalue weighted by molar-refractivity contribution is -0.121. The van der Waals surface area contributed by atoms with Crippen molar-refractivity contribution in [3.63, 3.8) is 0 Å². The standard InChI is InChI=1S/C20H21F2N3O2S/c1-13-7-8-17(27-2)14(11-13)9-10-23-18(26)12-25-16-6-4-3-5-15(16)24-20(25)28-19(21)22/h3-8,11,19H,9-10,12H2,1-2H3,(H,23,26). The number of amides is 1. The van der Waals surface area contributed by atoms with Crippen LogP contribution in [0.4, 0.5) is 8.78 Å². The lowest BCUT2D eigenvalue weighted by Gasteiger charge is -2.12. The summed E-state index contributed by atoms with van der Waals surface area (Å²) in [6.07, 6.45) is 0.611. The summed E-state index contributed by atoms with van der Waals surface area (Å²) in [6.45, 7) is 2.34. The molecule has 8 heteroatoms. The molecule has 3 rings (SSSR count). The predicted molar refractivity (Wildman–Crippen MR) is 106 cm³/mol. The maximum Gasteiger partial charge on any atom is 0.291 e. The van der Waals surface area contributed by atoms with Crippen LogP contribution in [0.3, 0.4) is 0 Å². The van der Waals surface area contributed by atoms with Crippen LogP contribution >= 0.6 is 11.8 Å². The van der Waals surface area contributed by atoms with Crippen LogP contribution in [-0.4, -0.2) is 34.9 Å². The predicted octanol–water partition coefficient (Wildman–Crippen LogP) is 4.03. The molecule has 0 atom stereocenters. The molecule has 0 aliphatic heterocycles. The fraction of sp³-hybridized carbons (Fsp3) is 0.300. The van der Waals surface area contributed by atoms with E-state index in [1.54, 1.807) is 31.4 Å². The number of hydrogen-bond acceptors (Lipinski definition) is 4. The fourth-order valence-electron chi connectivity index (χ4n) is 3.01. The lowest BCUT2D eigenvalue weighted by Crippen LogP contribution is -2.29. The van der Waals surface area contributed by atoms with Gasteiger partial charge in [0.25, 0.3) is 5.76 Å². The summed E-state index contributed by atoms with van der Waals surface area (Å²) in [4.78, 5) is 16.6. The van der Waals surface area contributed by atoms with Gasteiger partial charge in [0.05, 0.1) is 18.1 Å². The highest BCUT2D eigenvalue weighted by atomic mass is 32.2. The first-order chi connectivity index (χ1) is 13.5. The number of thioether (sulfide) groups is 1. The number of aromatic nitrogens is 2. The topological polar surface area (TPSA) is 56.1 Å². The monoisotopic (exact) mass is 405 g/mol. The number of fused-ring (bicyclic) bond motifs is 1. The Labute approximate surface area is 166 Å². The molecule has 0 aliphatic carbocycles. The second kappa shape index (κ2) is 9.05. The summed E-state index contributed by atoms with van der Waals surface area (Å²) in [5.41, 5.74) is 3.36. The van der Waals surface area contributed by atoms with E-state index in [2.05, 4.69) is 10.3 Å². The van der Waals surface area contributed by atoms with Gasteiger partial charge in [0.1, 0.15) is 12.3 Å². The molecule has 148 valence electrons. The fourth-order valence-corrected chi connectivity index (χ4v) is 3.62. The van der Waals surface area contributed by atoms with Crippen molar-refractivity contribution < 1.29 is 18.3 Å². The number of aryl methyl sites for hydroxylation is 1. The Bertz CT molecular complexity index is 975. The third kappa shape index (κ3) is 4.81. The molecule has 0 saturated carbocycles. The summed E-state index contributed by atoms with van der Waals surface area (Å²) in [5, 5.41) is 2.98. The van der Waals surface area contributed by atoms with E-state index in [4.69, 9.17) is 4.74 Å². The van der Waals surface area contributed by atoms with Crippen molar-refractivity contribution in [2.45, 2.75) is 30.8 Å². The number of ether oxygens (including phenoxy) is 1. The van der Waals surface area contributed by atoms with Gasteiger partial charge in [-0.25, -0.2) is 4.98 Å². The van der Waals surface area contributed by atoms with Crippen molar-refractivity contribution in [2.75, 3.05) is 13.7 Å². The van der Waals surface area contributed by atoms with Gasteiger partial charge in [0.15, 0.2) is 5.16 Å². The normalized spacial score (nSPS) is 11.2. The molecule has 0 radical (unpaired) electrons. The van der Waals surface area contributed by atoms with Gasteiger partial charge in [0, 0.05) is 6.54 Å². The second-order valence-electron chi connectivity index (χ2n) is 6.26. The second-order valence-corrected chi connectivity index (χ2v) is 7.22. The van der Waals surface area contributed by atoms with Crippen molar-refractivity contribution in [1.82, 2.24) is 14.9 Å². The number of alkyl halides is 2. The number of methoxy groups -OCH3 is 1. The van der Waals surface area contributed by atoms with Gasteiger partial charge in [-0.2, -0.15) is 8.78 Å². The molecule has 1 heterocycles. The van der Waals surface area contributed by atoms with Gasteiger partial charge >= 0.3 is 0 Å². The molecule has 5 nitrogen and oxygen atoms in total. The molecule has 2 aromatic carbocycles. The highest BCUT2D eigenvalue weighted by Gasteiger charge is 2.17. The van der Waals surface area contributed by atoms with Gasteiger partial charge in [-0.15, -0.1) is 0 Å². The zero-order valence-corrected chi connectivity index (χ0v) is 16.4. The quantitative estimate of drug-likeness (QED) is 0.575. The zero-order chi connectivity index (χ0) is 20.1. The third-order valence-corrected chi connectivity index (χ3v) is 4.97. The summed E-state index contributed by atoms with van der Waals surface area (Å²) in [6, 6.07) is 13.0. The van der Waals surface area contributed by atoms with Gasteiger partial charge in [-0.05, 0) is 48.9 Å². The summed E-state index contributed by atoms with van der Waals surface area (Å²) >= 11 is 0.342. The molecule has 0 bridgehead atoms. The van der Waals surface area contributed by atoms with Gasteiger partial charge in [-0.1, -0.05) is 29.8 Å². The zero-order valence-electron chi connectivity index (χ0n) is 15.6. The van der Waals surface area contributed by atoms with Crippen molar-refractivity contribution >= 4 is 28.7 Å². The van der Waals surface area contributed by atoms with Crippen molar-refractivity contribution in [1.29, 1.82) is 0 Å². The van der Waals surface area contributed by atoms with Gasteiger partial charge in [-0.3, -0.25) is 4.79 Å². The van der Waals surface area contributed by atoms with Crippen LogP contribution in [-0.2, 0) is 17.8 Å². The largest absolute Gasteiger partial charge is 0.496 e. The molecular weight excluding hydrogens is 384 g/mol. The molecule has 0 unspecified atom stereocenters. The van der Waals surface area contributed by atoms with Crippen molar-refractivity contribution in [2.24, 2.45) is 0 Å². The Morgan fingerprint density at radius 3 is 2.82 bits per heavy atom. The summed E-state index contributed by atoms with van der Waals surface area (Å²) < 4.78 is 32.6. The van der Waals surface area contributed by atoms with Gasteiger partial charge in [0.2, 0.25) is 5.91 Å². The van der Waals surface area contributed by atoms with E-state index in [-0.39, 0.29) is 17.6 Å². The van der Waals surface area contributed by atoms with Crippen LogP contribution in [0.1, 0.15) is 11.1 Å². The molecule has 1 amide bonds. The molecule has 1 N–H and O–H groups in total. The molecule has 1 aromatic heterocycles. The van der Waals surface area contributed by atoms with E-state index in [1.807, 2.05) is 25.1 Å². The molecule has 3 aromatic rings. The first-order valence-electron chi connectivity index (χ1n) is 8.78. The average molecular weight is 405 g/mol. The van der Waals surface area contributed by atoms with Crippen LogP contribution in [0.15, 0.2) is 47.6 Å². The summed E-state index contributed by atoms with van der Waals surface area (Å²) in [5.74, 6) is -2.09. The number of para-hydroxylation sites is 2. The number of benzene rings is 2. The molecular formula is C20H21F2N3O2S. The van der Waals surface area contributed by atoms with Crippen LogP contribution in [0.5, 0.6) is 5.75 Å². The van der Waals surface area contributed by atoms with Crippen molar-refractivity contribution in [3.05, 3.63) is 53.6 Å². The number of nitrogens with one attached hydrogen (secondary N) is 1. The Kier molecular flexibility index (Phi) is 6.51. The van der Waals surface area contributed by atoms with Crippen LogP contribution in [0, 0.1) is 6.92 Å². The SMILES string of the molecule is COc1ccc(C)cc1CCNC(=O)Cn1c(SC(F)F)nc2ccccc21. The first kappa shape index (κ1) is 20.1. The van der Waals surface area contributed by atoms with E-state index in [0.29, 0.717) is 35.8 Å². The third-order valence-electron chi connectivity index (χ3n) is 4.27. The van der Waals surface area contributed by atoms with Crippen LogP contribution in [0.25, 0.3) is 11.0 Å². The molecule has 0 aliphatic rings. The minimum absolute atomic E-state index is 0.0689. The van der Waals surface area contributed by atoms with Gasteiger partial charge < -0.3 is 14.6 Å².